The molecular weight excluding hydrogens is 394 g/mol. The molecular formula is C19H21N5O2S2. The van der Waals surface area contributed by atoms with Crippen molar-refractivity contribution in [1.29, 1.82) is 0 Å². The number of hydrogen-bond donors (Lipinski definition) is 2. The van der Waals surface area contributed by atoms with Crippen molar-refractivity contribution in [1.82, 2.24) is 14.8 Å². The normalized spacial score (nSPS) is 10.8. The molecule has 0 fully saturated rings. The molecule has 0 saturated carbocycles. The number of benzene rings is 1. The summed E-state index contributed by atoms with van der Waals surface area (Å²) in [5, 5.41) is 14.0. The van der Waals surface area contributed by atoms with E-state index >= 15 is 0 Å². The molecule has 2 amide bonds. The summed E-state index contributed by atoms with van der Waals surface area (Å²) in [6.45, 7) is 4.23. The lowest BCUT2D eigenvalue weighted by Gasteiger charge is -2.08. The molecule has 28 heavy (non-hydrogen) atoms. The molecule has 3 rings (SSSR count). The van der Waals surface area contributed by atoms with Crippen molar-refractivity contribution in [3.05, 3.63) is 45.6 Å². The van der Waals surface area contributed by atoms with Crippen LogP contribution in [-0.4, -0.2) is 32.3 Å². The third-order valence-electron chi connectivity index (χ3n) is 4.33. The van der Waals surface area contributed by atoms with Crippen molar-refractivity contribution in [2.75, 3.05) is 11.1 Å². The van der Waals surface area contributed by atoms with Crippen molar-refractivity contribution < 1.29 is 9.59 Å². The third-order valence-corrected chi connectivity index (χ3v) is 6.31. The highest BCUT2D eigenvalue weighted by Crippen LogP contribution is 2.32. The number of carbonyl (C=O) groups excluding carboxylic acids is 2. The van der Waals surface area contributed by atoms with Crippen LogP contribution in [0.15, 0.2) is 34.8 Å². The molecule has 0 spiro atoms. The summed E-state index contributed by atoms with van der Waals surface area (Å²) in [6.07, 6.45) is 0.932. The maximum absolute atomic E-state index is 12.3. The molecule has 9 heteroatoms. The van der Waals surface area contributed by atoms with E-state index in [9.17, 15) is 9.59 Å². The van der Waals surface area contributed by atoms with Crippen LogP contribution in [0, 0.1) is 6.92 Å². The van der Waals surface area contributed by atoms with Crippen molar-refractivity contribution >= 4 is 40.6 Å². The molecule has 1 aromatic carbocycles. The Morgan fingerprint density at radius 3 is 2.75 bits per heavy atom. The number of hydrogen-bond acceptors (Lipinski definition) is 6. The van der Waals surface area contributed by atoms with Gasteiger partial charge in [0.15, 0.2) is 11.0 Å². The summed E-state index contributed by atoms with van der Waals surface area (Å²) in [7, 11) is 1.89. The quantitative estimate of drug-likeness (QED) is 0.577. The summed E-state index contributed by atoms with van der Waals surface area (Å²) in [4.78, 5) is 25.1. The molecule has 2 heterocycles. The molecule has 0 aliphatic heterocycles. The number of aryl methyl sites for hydroxylation is 1. The number of thiophene rings is 1. The number of para-hydroxylation sites is 1. The van der Waals surface area contributed by atoms with E-state index in [1.54, 1.807) is 35.6 Å². The van der Waals surface area contributed by atoms with Crippen LogP contribution < -0.4 is 11.1 Å². The Labute approximate surface area is 171 Å². The number of primary amides is 1. The summed E-state index contributed by atoms with van der Waals surface area (Å²) in [6, 6.07) is 6.66. The van der Waals surface area contributed by atoms with Gasteiger partial charge in [0.2, 0.25) is 5.91 Å². The van der Waals surface area contributed by atoms with Gasteiger partial charge in [0.05, 0.1) is 17.0 Å². The van der Waals surface area contributed by atoms with Crippen LogP contribution in [0.3, 0.4) is 0 Å². The van der Waals surface area contributed by atoms with Gasteiger partial charge in [0, 0.05) is 22.9 Å². The fourth-order valence-electron chi connectivity index (χ4n) is 2.90. The highest BCUT2D eigenvalue weighted by molar-refractivity contribution is 7.99. The second kappa shape index (κ2) is 8.57. The number of carbonyl (C=O) groups is 2. The first-order chi connectivity index (χ1) is 13.4. The van der Waals surface area contributed by atoms with Crippen molar-refractivity contribution in [2.24, 2.45) is 12.8 Å². The zero-order valence-electron chi connectivity index (χ0n) is 15.9. The maximum Gasteiger partial charge on any atom is 0.250 e. The summed E-state index contributed by atoms with van der Waals surface area (Å²) in [5.74, 6) is 0.105. The van der Waals surface area contributed by atoms with Crippen LogP contribution in [0.4, 0.5) is 5.69 Å². The fraction of sp³-hybridized carbons (Fsp3) is 0.263. The minimum atomic E-state index is -0.584. The van der Waals surface area contributed by atoms with Gasteiger partial charge in [-0.2, -0.15) is 0 Å². The first kappa shape index (κ1) is 20.1. The summed E-state index contributed by atoms with van der Waals surface area (Å²) in [5.41, 5.74) is 8.39. The van der Waals surface area contributed by atoms with E-state index in [1.807, 2.05) is 11.6 Å². The van der Waals surface area contributed by atoms with E-state index in [0.29, 0.717) is 10.8 Å². The van der Waals surface area contributed by atoms with Crippen molar-refractivity contribution in [2.45, 2.75) is 25.4 Å². The zero-order valence-corrected chi connectivity index (χ0v) is 17.5. The zero-order chi connectivity index (χ0) is 20.3. The average Bonchev–Trinajstić information content (AvgIpc) is 3.22. The van der Waals surface area contributed by atoms with Crippen LogP contribution in [0.2, 0.25) is 0 Å². The fourth-order valence-corrected chi connectivity index (χ4v) is 4.55. The predicted molar refractivity (Wildman–Crippen MR) is 113 cm³/mol. The SMILES string of the molecule is CCc1c(-c2nnc(SCC(=O)Nc3ccccc3C(N)=O)n2C)csc1C. The van der Waals surface area contributed by atoms with E-state index in [4.69, 9.17) is 5.73 Å². The molecule has 0 aliphatic carbocycles. The van der Waals surface area contributed by atoms with Gasteiger partial charge in [0.25, 0.3) is 5.91 Å². The molecule has 2 aromatic heterocycles. The van der Waals surface area contributed by atoms with Gasteiger partial charge in [-0.25, -0.2) is 0 Å². The number of aromatic nitrogens is 3. The first-order valence-electron chi connectivity index (χ1n) is 8.70. The largest absolute Gasteiger partial charge is 0.366 e. The minimum absolute atomic E-state index is 0.141. The van der Waals surface area contributed by atoms with Gasteiger partial charge in [-0.1, -0.05) is 30.8 Å². The van der Waals surface area contributed by atoms with E-state index in [0.717, 1.165) is 17.8 Å². The van der Waals surface area contributed by atoms with Crippen molar-refractivity contribution in [3.8, 4) is 11.4 Å². The number of nitrogens with two attached hydrogens (primary N) is 1. The minimum Gasteiger partial charge on any atom is -0.366 e. The number of amides is 2. The third kappa shape index (κ3) is 4.10. The Bertz CT molecular complexity index is 1030. The molecule has 0 radical (unpaired) electrons. The standard InChI is InChI=1S/C19H21N5O2S2/c1-4-12-11(2)27-9-14(12)18-22-23-19(24(18)3)28-10-16(25)21-15-8-6-5-7-13(15)17(20)26/h5-9H,4,10H2,1-3H3,(H2,20,26)(H,21,25). The van der Waals surface area contributed by atoms with E-state index in [1.165, 1.54) is 22.2 Å². The van der Waals surface area contributed by atoms with Gasteiger partial charge >= 0.3 is 0 Å². The summed E-state index contributed by atoms with van der Waals surface area (Å²) >= 11 is 2.99. The lowest BCUT2D eigenvalue weighted by atomic mass is 10.1. The molecule has 0 atom stereocenters. The van der Waals surface area contributed by atoms with E-state index in [2.05, 4.69) is 34.7 Å². The number of thioether (sulfide) groups is 1. The molecule has 3 N–H and O–H groups in total. The van der Waals surface area contributed by atoms with Gasteiger partial charge in [-0.15, -0.1) is 21.5 Å². The molecule has 7 nitrogen and oxygen atoms in total. The van der Waals surface area contributed by atoms with Crippen LogP contribution in [-0.2, 0) is 18.3 Å². The van der Waals surface area contributed by atoms with E-state index in [-0.39, 0.29) is 17.2 Å². The van der Waals surface area contributed by atoms with Crippen LogP contribution >= 0.6 is 23.1 Å². The number of anilines is 1. The van der Waals surface area contributed by atoms with Gasteiger partial charge in [-0.05, 0) is 31.0 Å². The molecule has 0 unspecified atom stereocenters. The van der Waals surface area contributed by atoms with Crippen molar-refractivity contribution in [3.63, 3.8) is 0 Å². The highest BCUT2D eigenvalue weighted by Gasteiger charge is 2.18. The number of rotatable bonds is 7. The smallest absolute Gasteiger partial charge is 0.250 e. The topological polar surface area (TPSA) is 103 Å². The molecule has 3 aromatic rings. The molecule has 0 bridgehead atoms. The van der Waals surface area contributed by atoms with Gasteiger partial charge < -0.3 is 15.6 Å². The first-order valence-corrected chi connectivity index (χ1v) is 10.6. The van der Waals surface area contributed by atoms with Gasteiger partial charge in [0.1, 0.15) is 0 Å². The highest BCUT2D eigenvalue weighted by atomic mass is 32.2. The Hall–Kier alpha value is -2.65. The number of nitrogens with one attached hydrogen (secondary N) is 1. The van der Waals surface area contributed by atoms with E-state index < -0.39 is 5.91 Å². The lowest BCUT2D eigenvalue weighted by Crippen LogP contribution is -2.19. The van der Waals surface area contributed by atoms with Gasteiger partial charge in [-0.3, -0.25) is 9.59 Å². The second-order valence-electron chi connectivity index (χ2n) is 6.15. The number of nitrogens with zero attached hydrogens (tertiary/aromatic N) is 3. The Kier molecular flexibility index (Phi) is 6.15. The second-order valence-corrected chi connectivity index (χ2v) is 8.18. The molecule has 146 valence electrons. The predicted octanol–water partition coefficient (Wildman–Crippen LogP) is 3.24. The van der Waals surface area contributed by atoms with Crippen LogP contribution in [0.5, 0.6) is 0 Å². The van der Waals surface area contributed by atoms with Crippen LogP contribution in [0.1, 0.15) is 27.7 Å². The summed E-state index contributed by atoms with van der Waals surface area (Å²) < 4.78 is 1.90. The lowest BCUT2D eigenvalue weighted by molar-refractivity contribution is -0.113. The maximum atomic E-state index is 12.3. The Morgan fingerprint density at radius 1 is 1.29 bits per heavy atom. The molecule has 0 aliphatic rings. The Morgan fingerprint density at radius 2 is 2.04 bits per heavy atom. The molecule has 0 saturated heterocycles. The Balaban J connectivity index is 1.70. The monoisotopic (exact) mass is 415 g/mol. The van der Waals surface area contributed by atoms with Crippen LogP contribution in [0.25, 0.3) is 11.4 Å². The average molecular weight is 416 g/mol.